The van der Waals surface area contributed by atoms with Gasteiger partial charge in [0.2, 0.25) is 0 Å². The van der Waals surface area contributed by atoms with E-state index in [4.69, 9.17) is 5.41 Å². The molecule has 35 heavy (non-hydrogen) atoms. The summed E-state index contributed by atoms with van der Waals surface area (Å²) >= 11 is 0. The second-order valence-corrected chi connectivity index (χ2v) is 12.0. The fourth-order valence-electron chi connectivity index (χ4n) is 4.75. The van der Waals surface area contributed by atoms with Crippen LogP contribution >= 0.6 is 0 Å². The van der Waals surface area contributed by atoms with Gasteiger partial charge in [-0.1, -0.05) is 67.5 Å². The fraction of sp³-hybridized carbons (Fsp3) is 0.483. The molecular formula is C29H38N2O4. The minimum absolute atomic E-state index is 0.0350. The lowest BCUT2D eigenvalue weighted by Gasteiger charge is -2.28. The zero-order chi connectivity index (χ0) is 26.5. The van der Waals surface area contributed by atoms with Crippen LogP contribution in [0, 0.1) is 11.3 Å². The Kier molecular flexibility index (Phi) is 6.91. The van der Waals surface area contributed by atoms with Crippen LogP contribution in [0.15, 0.2) is 30.3 Å². The smallest absolute Gasteiger partial charge is 0.311 e. The average Bonchev–Trinajstić information content (AvgIpc) is 3.01. The first kappa shape index (κ1) is 26.5. The van der Waals surface area contributed by atoms with Crippen LogP contribution in [0.5, 0.6) is 5.75 Å². The molecule has 1 aliphatic rings. The minimum atomic E-state index is -0.881. The lowest BCUT2D eigenvalue weighted by molar-refractivity contribution is -0.139. The van der Waals surface area contributed by atoms with Gasteiger partial charge in [-0.15, -0.1) is 0 Å². The SMILES string of the molecule is CC(C)C(C(=O)O)c1ccc2c(c1)C(=N)N(CC(=O)c1cc(C(C)(C)C)c(O)c(C(C)(C)C)c1)C2. The number of fused-ring (bicyclic) bond motifs is 1. The van der Waals surface area contributed by atoms with Gasteiger partial charge in [0.05, 0.1) is 12.5 Å². The van der Waals surface area contributed by atoms with Gasteiger partial charge >= 0.3 is 5.97 Å². The molecule has 0 radical (unpaired) electrons. The molecule has 188 valence electrons. The van der Waals surface area contributed by atoms with Crippen molar-refractivity contribution in [2.45, 2.75) is 78.7 Å². The molecule has 2 aromatic carbocycles. The number of hydrogen-bond donors (Lipinski definition) is 3. The molecule has 1 heterocycles. The maximum atomic E-state index is 13.4. The fourth-order valence-corrected chi connectivity index (χ4v) is 4.75. The topological polar surface area (TPSA) is 102 Å². The Morgan fingerprint density at radius 2 is 1.54 bits per heavy atom. The van der Waals surface area contributed by atoms with Crippen molar-refractivity contribution in [2.75, 3.05) is 6.54 Å². The van der Waals surface area contributed by atoms with Crippen molar-refractivity contribution in [3.63, 3.8) is 0 Å². The third-order valence-electron chi connectivity index (χ3n) is 6.74. The van der Waals surface area contributed by atoms with Crippen molar-refractivity contribution in [1.29, 1.82) is 5.41 Å². The molecule has 1 unspecified atom stereocenters. The Bertz CT molecular complexity index is 1150. The maximum absolute atomic E-state index is 13.4. The molecule has 1 aliphatic heterocycles. The molecule has 0 saturated heterocycles. The number of nitrogens with one attached hydrogen (secondary N) is 1. The molecule has 0 spiro atoms. The van der Waals surface area contributed by atoms with Crippen molar-refractivity contribution in [1.82, 2.24) is 4.90 Å². The third kappa shape index (κ3) is 5.26. The molecule has 3 N–H and O–H groups in total. The first-order chi connectivity index (χ1) is 16.0. The number of rotatable bonds is 6. The summed E-state index contributed by atoms with van der Waals surface area (Å²) in [4.78, 5) is 26.9. The van der Waals surface area contributed by atoms with E-state index in [2.05, 4.69) is 0 Å². The van der Waals surface area contributed by atoms with Gasteiger partial charge in [0, 0.05) is 28.8 Å². The van der Waals surface area contributed by atoms with Crippen molar-refractivity contribution in [3.05, 3.63) is 63.7 Å². The van der Waals surface area contributed by atoms with Gasteiger partial charge in [0.25, 0.3) is 0 Å². The number of phenols is 1. The molecule has 0 aliphatic carbocycles. The van der Waals surface area contributed by atoms with Crippen LogP contribution in [0.4, 0.5) is 0 Å². The highest BCUT2D eigenvalue weighted by atomic mass is 16.4. The number of nitrogens with zero attached hydrogens (tertiary/aromatic N) is 1. The van der Waals surface area contributed by atoms with Crippen LogP contribution in [-0.2, 0) is 22.2 Å². The van der Waals surface area contributed by atoms with Crippen LogP contribution in [0.3, 0.4) is 0 Å². The summed E-state index contributed by atoms with van der Waals surface area (Å²) < 4.78 is 0. The number of benzene rings is 2. The summed E-state index contributed by atoms with van der Waals surface area (Å²) in [5, 5.41) is 29.3. The number of Topliss-reactive ketones (excluding diaryl/α,β-unsaturated/α-hetero) is 1. The van der Waals surface area contributed by atoms with Crippen molar-refractivity contribution in [3.8, 4) is 5.75 Å². The number of carboxylic acid groups (broad SMARTS) is 1. The summed E-state index contributed by atoms with van der Waals surface area (Å²) in [6.07, 6.45) is 0. The second-order valence-electron chi connectivity index (χ2n) is 12.0. The first-order valence-corrected chi connectivity index (χ1v) is 12.1. The van der Waals surface area contributed by atoms with Gasteiger partial charge in [-0.05, 0) is 46.1 Å². The summed E-state index contributed by atoms with van der Waals surface area (Å²) in [6, 6.07) is 9.03. The van der Waals surface area contributed by atoms with E-state index >= 15 is 0 Å². The Morgan fingerprint density at radius 1 is 1.00 bits per heavy atom. The lowest BCUT2D eigenvalue weighted by Crippen LogP contribution is -2.30. The van der Waals surface area contributed by atoms with Crippen LogP contribution < -0.4 is 0 Å². The highest BCUT2D eigenvalue weighted by Crippen LogP contribution is 2.40. The van der Waals surface area contributed by atoms with E-state index in [1.807, 2.05) is 67.5 Å². The minimum Gasteiger partial charge on any atom is -0.507 e. The number of carbonyl (C=O) groups is 2. The molecule has 0 aromatic heterocycles. The van der Waals surface area contributed by atoms with Crippen molar-refractivity contribution < 1.29 is 19.8 Å². The van der Waals surface area contributed by atoms with Crippen LogP contribution in [-0.4, -0.2) is 39.2 Å². The van der Waals surface area contributed by atoms with Gasteiger partial charge in [-0.25, -0.2) is 0 Å². The Hall–Kier alpha value is -3.15. The Labute approximate surface area is 208 Å². The number of hydrogen-bond acceptors (Lipinski definition) is 4. The zero-order valence-corrected chi connectivity index (χ0v) is 22.1. The number of aromatic hydroxyl groups is 1. The van der Waals surface area contributed by atoms with E-state index < -0.39 is 11.9 Å². The first-order valence-electron chi connectivity index (χ1n) is 12.1. The second kappa shape index (κ2) is 9.14. The number of carbonyl (C=O) groups excluding carboxylic acids is 1. The van der Waals surface area contributed by atoms with E-state index in [1.165, 1.54) is 0 Å². The largest absolute Gasteiger partial charge is 0.507 e. The normalized spacial score (nSPS) is 14.9. The van der Waals surface area contributed by atoms with E-state index in [1.54, 1.807) is 23.1 Å². The summed E-state index contributed by atoms with van der Waals surface area (Å²) in [5.74, 6) is -1.27. The molecule has 0 saturated carbocycles. The molecule has 0 amide bonds. The maximum Gasteiger partial charge on any atom is 0.311 e. The number of amidine groups is 1. The van der Waals surface area contributed by atoms with E-state index in [0.29, 0.717) is 23.2 Å². The van der Waals surface area contributed by atoms with Crippen LogP contribution in [0.2, 0.25) is 0 Å². The average molecular weight is 479 g/mol. The molecule has 6 nitrogen and oxygen atoms in total. The summed E-state index contributed by atoms with van der Waals surface area (Å²) in [5.41, 5.74) is 3.56. The number of carboxylic acids is 1. The van der Waals surface area contributed by atoms with Crippen molar-refractivity contribution in [2.24, 2.45) is 5.92 Å². The predicted octanol–water partition coefficient (Wildman–Crippen LogP) is 5.84. The number of ketones is 1. The summed E-state index contributed by atoms with van der Waals surface area (Å²) in [7, 11) is 0. The monoisotopic (exact) mass is 478 g/mol. The third-order valence-corrected chi connectivity index (χ3v) is 6.74. The highest BCUT2D eigenvalue weighted by Gasteiger charge is 2.32. The van der Waals surface area contributed by atoms with E-state index in [9.17, 15) is 19.8 Å². The van der Waals surface area contributed by atoms with Crippen molar-refractivity contribution >= 4 is 17.6 Å². The highest BCUT2D eigenvalue weighted by molar-refractivity contribution is 6.05. The van der Waals surface area contributed by atoms with Gasteiger partial charge < -0.3 is 15.1 Å². The molecule has 2 aromatic rings. The molecule has 1 atom stereocenters. The van der Waals surface area contributed by atoms with Crippen LogP contribution in [0.25, 0.3) is 0 Å². The van der Waals surface area contributed by atoms with Gasteiger partial charge in [-0.2, -0.15) is 0 Å². The Morgan fingerprint density at radius 3 is 2.00 bits per heavy atom. The number of aliphatic carboxylic acids is 1. The van der Waals surface area contributed by atoms with Gasteiger partial charge in [0.1, 0.15) is 11.6 Å². The number of phenolic OH excluding ortho intramolecular Hbond substituents is 1. The molecule has 3 rings (SSSR count). The molecular weight excluding hydrogens is 440 g/mol. The van der Waals surface area contributed by atoms with Crippen LogP contribution in [0.1, 0.15) is 99.5 Å². The zero-order valence-electron chi connectivity index (χ0n) is 22.1. The van der Waals surface area contributed by atoms with Gasteiger partial charge in [-0.3, -0.25) is 15.0 Å². The van der Waals surface area contributed by atoms with E-state index in [0.717, 1.165) is 16.7 Å². The summed E-state index contributed by atoms with van der Waals surface area (Å²) in [6.45, 7) is 16.3. The lowest BCUT2D eigenvalue weighted by atomic mass is 9.78. The quantitative estimate of drug-likeness (QED) is 0.453. The van der Waals surface area contributed by atoms with Gasteiger partial charge in [0.15, 0.2) is 5.78 Å². The Balaban J connectivity index is 1.92. The molecule has 0 fully saturated rings. The molecule has 0 bridgehead atoms. The molecule has 6 heteroatoms. The van der Waals surface area contributed by atoms with E-state index in [-0.39, 0.29) is 40.7 Å². The standard InChI is InChI=1S/C29H38N2O4/c1-16(2)24(27(34)35)17-9-10-18-14-31(26(30)20(18)11-17)15-23(32)19-12-21(28(3,4)5)25(33)22(13-19)29(6,7)8/h9-13,16,24,30,33H,14-15H2,1-8H3,(H,34,35). The predicted molar refractivity (Wildman–Crippen MR) is 139 cm³/mol.